The van der Waals surface area contributed by atoms with Gasteiger partial charge >= 0.3 is 6.09 Å². The lowest BCUT2D eigenvalue weighted by Crippen LogP contribution is -2.44. The van der Waals surface area contributed by atoms with Crippen LogP contribution < -0.4 is 5.32 Å². The molecule has 82 valence electrons. The quantitative estimate of drug-likeness (QED) is 0.744. The molecule has 0 radical (unpaired) electrons. The van der Waals surface area contributed by atoms with E-state index in [1.165, 1.54) is 13.5 Å². The highest BCUT2D eigenvalue weighted by Gasteiger charge is 2.23. The second kappa shape index (κ2) is 5.20. The molecule has 0 aromatic carbocycles. The van der Waals surface area contributed by atoms with Crippen LogP contribution in [0.2, 0.25) is 0 Å². The van der Waals surface area contributed by atoms with E-state index < -0.39 is 0 Å². The van der Waals surface area contributed by atoms with E-state index in [0.717, 1.165) is 19.5 Å². The summed E-state index contributed by atoms with van der Waals surface area (Å²) in [5.41, 5.74) is 0. The van der Waals surface area contributed by atoms with Crippen molar-refractivity contribution in [3.8, 4) is 0 Å². The van der Waals surface area contributed by atoms with Gasteiger partial charge in [0, 0.05) is 18.6 Å². The van der Waals surface area contributed by atoms with Gasteiger partial charge in [0.1, 0.15) is 0 Å². The third kappa shape index (κ3) is 2.87. The van der Waals surface area contributed by atoms with Crippen LogP contribution in [0.3, 0.4) is 0 Å². The smallest absolute Gasteiger partial charge is 0.409 e. The fraction of sp³-hybridized carbons (Fsp3) is 0.900. The van der Waals surface area contributed by atoms with Gasteiger partial charge in [-0.15, -0.1) is 0 Å². The van der Waals surface area contributed by atoms with Crippen molar-refractivity contribution in [3.05, 3.63) is 0 Å². The van der Waals surface area contributed by atoms with Crippen molar-refractivity contribution in [2.24, 2.45) is 0 Å². The van der Waals surface area contributed by atoms with Crippen molar-refractivity contribution in [2.45, 2.75) is 38.8 Å². The molecule has 0 aromatic rings. The van der Waals surface area contributed by atoms with Gasteiger partial charge in [0.25, 0.3) is 0 Å². The van der Waals surface area contributed by atoms with Crippen molar-refractivity contribution in [3.63, 3.8) is 0 Å². The van der Waals surface area contributed by atoms with E-state index >= 15 is 0 Å². The lowest BCUT2D eigenvalue weighted by molar-refractivity contribution is 0.107. The topological polar surface area (TPSA) is 41.6 Å². The summed E-state index contributed by atoms with van der Waals surface area (Å²) in [7, 11) is 1.43. The van der Waals surface area contributed by atoms with Gasteiger partial charge in [-0.2, -0.15) is 0 Å². The number of carbonyl (C=O) groups is 1. The van der Waals surface area contributed by atoms with E-state index in [2.05, 4.69) is 5.32 Å². The fourth-order valence-corrected chi connectivity index (χ4v) is 1.76. The van der Waals surface area contributed by atoms with Crippen LogP contribution in [-0.4, -0.2) is 43.3 Å². The predicted molar refractivity (Wildman–Crippen MR) is 55.3 cm³/mol. The van der Waals surface area contributed by atoms with Crippen LogP contribution in [-0.2, 0) is 4.74 Å². The van der Waals surface area contributed by atoms with Crippen LogP contribution in [0.5, 0.6) is 0 Å². The minimum absolute atomic E-state index is 0.199. The Kier molecular flexibility index (Phi) is 4.20. The largest absolute Gasteiger partial charge is 0.453 e. The van der Waals surface area contributed by atoms with Gasteiger partial charge < -0.3 is 15.0 Å². The number of hydrogen-bond donors (Lipinski definition) is 1. The summed E-state index contributed by atoms with van der Waals surface area (Å²) in [6, 6.07) is 0.640. The zero-order valence-electron chi connectivity index (χ0n) is 9.25. The minimum Gasteiger partial charge on any atom is -0.453 e. The molecule has 1 heterocycles. The molecule has 1 N–H and O–H groups in total. The first-order valence-electron chi connectivity index (χ1n) is 5.23. The number of amides is 1. The molecule has 1 aliphatic rings. The molecule has 0 aliphatic carbocycles. The highest BCUT2D eigenvalue weighted by Crippen LogP contribution is 2.10. The first-order valence-corrected chi connectivity index (χ1v) is 5.23. The predicted octanol–water partition coefficient (Wildman–Crippen LogP) is 1.22. The van der Waals surface area contributed by atoms with Gasteiger partial charge in [0.2, 0.25) is 0 Å². The third-order valence-electron chi connectivity index (χ3n) is 2.61. The molecule has 0 aromatic heterocycles. The van der Waals surface area contributed by atoms with Crippen molar-refractivity contribution < 1.29 is 9.53 Å². The van der Waals surface area contributed by atoms with Crippen LogP contribution >= 0.6 is 0 Å². The standard InChI is InChI=1S/C10H20N2O2/c1-8(2)12(10(13)14-3)7-9-5-4-6-11-9/h8-9,11H,4-7H2,1-3H3. The Morgan fingerprint density at radius 3 is 2.79 bits per heavy atom. The molecule has 14 heavy (non-hydrogen) atoms. The SMILES string of the molecule is COC(=O)N(CC1CCCN1)C(C)C. The maximum atomic E-state index is 11.4. The van der Waals surface area contributed by atoms with Crippen molar-refractivity contribution in [2.75, 3.05) is 20.2 Å². The Bertz CT molecular complexity index is 189. The first kappa shape index (κ1) is 11.3. The maximum absolute atomic E-state index is 11.4. The monoisotopic (exact) mass is 200 g/mol. The lowest BCUT2D eigenvalue weighted by Gasteiger charge is -2.27. The second-order valence-corrected chi connectivity index (χ2v) is 4.01. The van der Waals surface area contributed by atoms with E-state index in [0.29, 0.717) is 6.04 Å². The van der Waals surface area contributed by atoms with E-state index in [4.69, 9.17) is 4.74 Å². The Labute approximate surface area is 85.6 Å². The molecule has 4 heteroatoms. The Hall–Kier alpha value is -0.770. The highest BCUT2D eigenvalue weighted by molar-refractivity contribution is 5.67. The summed E-state index contributed by atoms with van der Waals surface area (Å²) in [6.45, 7) is 5.83. The normalized spacial score (nSPS) is 21.3. The van der Waals surface area contributed by atoms with Gasteiger partial charge in [0.05, 0.1) is 7.11 Å². The van der Waals surface area contributed by atoms with Crippen LogP contribution in [0.25, 0.3) is 0 Å². The molecule has 1 atom stereocenters. The number of nitrogens with zero attached hydrogens (tertiary/aromatic N) is 1. The summed E-state index contributed by atoms with van der Waals surface area (Å²) in [4.78, 5) is 13.2. The second-order valence-electron chi connectivity index (χ2n) is 4.01. The molecule has 1 saturated heterocycles. The summed E-state index contributed by atoms with van der Waals surface area (Å²) in [5, 5.41) is 3.37. The lowest BCUT2D eigenvalue weighted by atomic mass is 10.2. The molecular formula is C10H20N2O2. The zero-order chi connectivity index (χ0) is 10.6. The van der Waals surface area contributed by atoms with Crippen LogP contribution in [0.15, 0.2) is 0 Å². The number of carbonyl (C=O) groups excluding carboxylic acids is 1. The van der Waals surface area contributed by atoms with Crippen LogP contribution in [0, 0.1) is 0 Å². The number of rotatable bonds is 3. The highest BCUT2D eigenvalue weighted by atomic mass is 16.5. The first-order chi connectivity index (χ1) is 6.65. The molecule has 1 fully saturated rings. The van der Waals surface area contributed by atoms with Gasteiger partial charge in [-0.25, -0.2) is 4.79 Å². The summed E-state index contributed by atoms with van der Waals surface area (Å²) in [5.74, 6) is 0. The molecule has 1 unspecified atom stereocenters. The molecule has 4 nitrogen and oxygen atoms in total. The maximum Gasteiger partial charge on any atom is 0.409 e. The fourth-order valence-electron chi connectivity index (χ4n) is 1.76. The molecule has 0 spiro atoms. The van der Waals surface area contributed by atoms with Crippen LogP contribution in [0.1, 0.15) is 26.7 Å². The van der Waals surface area contributed by atoms with Gasteiger partial charge in [0.15, 0.2) is 0 Å². The Balaban J connectivity index is 2.45. The summed E-state index contributed by atoms with van der Waals surface area (Å²) < 4.78 is 4.74. The zero-order valence-corrected chi connectivity index (χ0v) is 9.25. The van der Waals surface area contributed by atoms with Crippen molar-refractivity contribution >= 4 is 6.09 Å². The summed E-state index contributed by atoms with van der Waals surface area (Å²) in [6.07, 6.45) is 2.13. The summed E-state index contributed by atoms with van der Waals surface area (Å²) >= 11 is 0. The average Bonchev–Trinajstić information content (AvgIpc) is 2.65. The van der Waals surface area contributed by atoms with Crippen molar-refractivity contribution in [1.29, 1.82) is 0 Å². The third-order valence-corrected chi connectivity index (χ3v) is 2.61. The van der Waals surface area contributed by atoms with Gasteiger partial charge in [-0.3, -0.25) is 0 Å². The number of nitrogens with one attached hydrogen (secondary N) is 1. The van der Waals surface area contributed by atoms with E-state index in [1.807, 2.05) is 13.8 Å². The molecule has 1 aliphatic heterocycles. The van der Waals surface area contributed by atoms with Crippen LogP contribution in [0.4, 0.5) is 4.79 Å². The minimum atomic E-state index is -0.228. The molecule has 1 rings (SSSR count). The van der Waals surface area contributed by atoms with Crippen molar-refractivity contribution in [1.82, 2.24) is 10.2 Å². The number of ether oxygens (including phenoxy) is 1. The van der Waals surface area contributed by atoms with E-state index in [9.17, 15) is 4.79 Å². The molecule has 0 saturated carbocycles. The Morgan fingerprint density at radius 1 is 1.64 bits per heavy atom. The van der Waals surface area contributed by atoms with Gasteiger partial charge in [-0.1, -0.05) is 0 Å². The number of methoxy groups -OCH3 is 1. The Morgan fingerprint density at radius 2 is 2.36 bits per heavy atom. The average molecular weight is 200 g/mol. The number of hydrogen-bond acceptors (Lipinski definition) is 3. The molecule has 1 amide bonds. The van der Waals surface area contributed by atoms with E-state index in [1.54, 1.807) is 4.90 Å². The molecular weight excluding hydrogens is 180 g/mol. The molecule has 0 bridgehead atoms. The van der Waals surface area contributed by atoms with Gasteiger partial charge in [-0.05, 0) is 33.2 Å². The van der Waals surface area contributed by atoms with E-state index in [-0.39, 0.29) is 12.1 Å².